The summed E-state index contributed by atoms with van der Waals surface area (Å²) >= 11 is 0. The highest BCUT2D eigenvalue weighted by Crippen LogP contribution is 2.30. The van der Waals surface area contributed by atoms with Gasteiger partial charge in [-0.15, -0.1) is 0 Å². The monoisotopic (exact) mass is 322 g/mol. The number of nitrogens with zero attached hydrogens (tertiary/aromatic N) is 2. The van der Waals surface area contributed by atoms with Crippen molar-refractivity contribution in [3.8, 4) is 11.3 Å². The third-order valence-corrected chi connectivity index (χ3v) is 4.15. The Balaban J connectivity index is 2.13. The highest BCUT2D eigenvalue weighted by atomic mass is 19.1. The molecule has 0 spiro atoms. The van der Waals surface area contributed by atoms with E-state index in [2.05, 4.69) is 48.9 Å². The lowest BCUT2D eigenvalue weighted by atomic mass is 9.87. The van der Waals surface area contributed by atoms with Gasteiger partial charge in [-0.25, -0.2) is 14.4 Å². The molecule has 0 aliphatic carbocycles. The van der Waals surface area contributed by atoms with Gasteiger partial charge in [0.1, 0.15) is 12.1 Å². The standard InChI is InChI=1S/C21H23FN2/c1-13-8-16(9-14(2)19(13)22)20-17-7-6-15(11-21(3,4)5)10-18(17)23-12-24-20/h6-10,12H,11H2,1-5H3. The minimum atomic E-state index is -0.149. The quantitative estimate of drug-likeness (QED) is 0.610. The van der Waals surface area contributed by atoms with Crippen molar-refractivity contribution >= 4 is 10.9 Å². The van der Waals surface area contributed by atoms with Crippen LogP contribution in [0.2, 0.25) is 0 Å². The number of rotatable bonds is 2. The molecule has 3 heteroatoms. The molecule has 1 aromatic heterocycles. The molecule has 3 aromatic rings. The molecule has 3 rings (SSSR count). The van der Waals surface area contributed by atoms with Crippen molar-refractivity contribution in [3.63, 3.8) is 0 Å². The highest BCUT2D eigenvalue weighted by molar-refractivity contribution is 5.92. The predicted octanol–water partition coefficient (Wildman–Crippen LogP) is 5.64. The van der Waals surface area contributed by atoms with Crippen LogP contribution in [0.25, 0.3) is 22.2 Å². The number of aromatic nitrogens is 2. The topological polar surface area (TPSA) is 25.8 Å². The zero-order valence-electron chi connectivity index (χ0n) is 14.9. The van der Waals surface area contributed by atoms with Gasteiger partial charge in [-0.1, -0.05) is 32.9 Å². The van der Waals surface area contributed by atoms with Crippen molar-refractivity contribution in [1.82, 2.24) is 9.97 Å². The molecule has 124 valence electrons. The third kappa shape index (κ3) is 3.30. The van der Waals surface area contributed by atoms with Gasteiger partial charge in [0, 0.05) is 10.9 Å². The second-order valence-corrected chi connectivity index (χ2v) is 7.74. The lowest BCUT2D eigenvalue weighted by Gasteiger charge is -2.18. The number of halogens is 1. The predicted molar refractivity (Wildman–Crippen MR) is 97.6 cm³/mol. The molecule has 0 N–H and O–H groups in total. The number of fused-ring (bicyclic) bond motifs is 1. The minimum Gasteiger partial charge on any atom is -0.236 e. The molecule has 0 aliphatic heterocycles. The van der Waals surface area contributed by atoms with Gasteiger partial charge in [0.05, 0.1) is 11.2 Å². The van der Waals surface area contributed by atoms with E-state index in [1.807, 2.05) is 12.1 Å². The van der Waals surface area contributed by atoms with Crippen molar-refractivity contribution in [2.75, 3.05) is 0 Å². The Labute approximate surface area is 142 Å². The van der Waals surface area contributed by atoms with Crippen LogP contribution in [0.15, 0.2) is 36.7 Å². The van der Waals surface area contributed by atoms with Crippen molar-refractivity contribution in [1.29, 1.82) is 0 Å². The van der Waals surface area contributed by atoms with E-state index in [-0.39, 0.29) is 11.2 Å². The van der Waals surface area contributed by atoms with Crippen LogP contribution in [0, 0.1) is 25.1 Å². The lowest BCUT2D eigenvalue weighted by molar-refractivity contribution is 0.411. The maximum absolute atomic E-state index is 13.9. The smallest absolute Gasteiger partial charge is 0.129 e. The van der Waals surface area contributed by atoms with Gasteiger partial charge in [0.2, 0.25) is 0 Å². The summed E-state index contributed by atoms with van der Waals surface area (Å²) < 4.78 is 13.9. The summed E-state index contributed by atoms with van der Waals surface area (Å²) in [5.41, 5.74) is 5.50. The molecule has 0 fully saturated rings. The van der Waals surface area contributed by atoms with Crippen LogP contribution in [0.1, 0.15) is 37.5 Å². The third-order valence-electron chi connectivity index (χ3n) is 4.15. The average Bonchev–Trinajstić information content (AvgIpc) is 2.49. The molecule has 0 atom stereocenters. The Hall–Kier alpha value is -2.29. The molecule has 0 unspecified atom stereocenters. The van der Waals surface area contributed by atoms with E-state index < -0.39 is 0 Å². The van der Waals surface area contributed by atoms with Gasteiger partial charge in [-0.05, 0) is 60.6 Å². The van der Waals surface area contributed by atoms with Gasteiger partial charge in [0.25, 0.3) is 0 Å². The summed E-state index contributed by atoms with van der Waals surface area (Å²) in [5.74, 6) is -0.149. The number of aryl methyl sites for hydroxylation is 2. The van der Waals surface area contributed by atoms with Crippen LogP contribution in [0.3, 0.4) is 0 Å². The molecular formula is C21H23FN2. The van der Waals surface area contributed by atoms with Crippen LogP contribution in [0.5, 0.6) is 0 Å². The first-order valence-corrected chi connectivity index (χ1v) is 8.25. The van der Waals surface area contributed by atoms with E-state index >= 15 is 0 Å². The van der Waals surface area contributed by atoms with Gasteiger partial charge >= 0.3 is 0 Å². The van der Waals surface area contributed by atoms with E-state index in [1.165, 1.54) is 5.56 Å². The van der Waals surface area contributed by atoms with Crippen LogP contribution in [-0.4, -0.2) is 9.97 Å². The van der Waals surface area contributed by atoms with Gasteiger partial charge in [0.15, 0.2) is 0 Å². The first-order chi connectivity index (χ1) is 11.2. The minimum absolute atomic E-state index is 0.149. The molecule has 0 saturated carbocycles. The van der Waals surface area contributed by atoms with Gasteiger partial charge in [-0.3, -0.25) is 0 Å². The molecule has 0 aliphatic rings. The summed E-state index contributed by atoms with van der Waals surface area (Å²) in [6, 6.07) is 10.1. The van der Waals surface area contributed by atoms with Crippen LogP contribution >= 0.6 is 0 Å². The lowest BCUT2D eigenvalue weighted by Crippen LogP contribution is -2.09. The van der Waals surface area contributed by atoms with Crippen LogP contribution < -0.4 is 0 Å². The molecule has 2 nitrogen and oxygen atoms in total. The van der Waals surface area contributed by atoms with Gasteiger partial charge < -0.3 is 0 Å². The largest absolute Gasteiger partial charge is 0.236 e. The summed E-state index contributed by atoms with van der Waals surface area (Å²) in [7, 11) is 0. The molecule has 0 radical (unpaired) electrons. The molecule has 0 saturated heterocycles. The zero-order valence-corrected chi connectivity index (χ0v) is 14.9. The number of hydrogen-bond acceptors (Lipinski definition) is 2. The maximum Gasteiger partial charge on any atom is 0.129 e. The Bertz CT molecular complexity index is 884. The van der Waals surface area contributed by atoms with Crippen molar-refractivity contribution in [3.05, 3.63) is 59.2 Å². The summed E-state index contributed by atoms with van der Waals surface area (Å²) in [5, 5.41) is 1.00. The van der Waals surface area contributed by atoms with Crippen molar-refractivity contribution in [2.24, 2.45) is 5.41 Å². The zero-order chi connectivity index (χ0) is 17.5. The normalized spacial score (nSPS) is 11.9. The van der Waals surface area contributed by atoms with Crippen LogP contribution in [-0.2, 0) is 6.42 Å². The van der Waals surface area contributed by atoms with Crippen molar-refractivity contribution in [2.45, 2.75) is 41.0 Å². The Morgan fingerprint density at radius 2 is 1.62 bits per heavy atom. The van der Waals surface area contributed by atoms with E-state index in [0.29, 0.717) is 11.1 Å². The van der Waals surface area contributed by atoms with E-state index in [1.54, 1.807) is 20.2 Å². The second kappa shape index (κ2) is 5.97. The van der Waals surface area contributed by atoms with E-state index in [4.69, 9.17) is 0 Å². The summed E-state index contributed by atoms with van der Waals surface area (Å²) in [6.45, 7) is 10.3. The molecule has 0 amide bonds. The summed E-state index contributed by atoms with van der Waals surface area (Å²) in [4.78, 5) is 8.89. The molecular weight excluding hydrogens is 299 g/mol. The van der Waals surface area contributed by atoms with E-state index in [0.717, 1.165) is 28.6 Å². The Kier molecular flexibility index (Phi) is 4.12. The Morgan fingerprint density at radius 1 is 0.958 bits per heavy atom. The SMILES string of the molecule is Cc1cc(-c2ncnc3cc(CC(C)(C)C)ccc23)cc(C)c1F. The van der Waals surface area contributed by atoms with Crippen LogP contribution in [0.4, 0.5) is 4.39 Å². The number of benzene rings is 2. The highest BCUT2D eigenvalue weighted by Gasteiger charge is 2.14. The average molecular weight is 322 g/mol. The van der Waals surface area contributed by atoms with E-state index in [9.17, 15) is 4.39 Å². The second-order valence-electron chi connectivity index (χ2n) is 7.74. The fourth-order valence-corrected chi connectivity index (χ4v) is 3.14. The first-order valence-electron chi connectivity index (χ1n) is 8.25. The Morgan fingerprint density at radius 3 is 2.25 bits per heavy atom. The molecule has 24 heavy (non-hydrogen) atoms. The fourth-order valence-electron chi connectivity index (χ4n) is 3.14. The first kappa shape index (κ1) is 16.6. The number of hydrogen-bond donors (Lipinski definition) is 0. The molecule has 1 heterocycles. The van der Waals surface area contributed by atoms with Crippen molar-refractivity contribution < 1.29 is 4.39 Å². The fraction of sp³-hybridized carbons (Fsp3) is 0.333. The van der Waals surface area contributed by atoms with Gasteiger partial charge in [-0.2, -0.15) is 0 Å². The molecule has 0 bridgehead atoms. The summed E-state index contributed by atoms with van der Waals surface area (Å²) in [6.07, 6.45) is 2.59. The maximum atomic E-state index is 13.9. The molecule has 2 aromatic carbocycles.